The van der Waals surface area contributed by atoms with Gasteiger partial charge < -0.3 is 9.47 Å². The third-order valence-electron chi connectivity index (χ3n) is 4.87. The topological polar surface area (TPSA) is 68.7 Å². The maximum Gasteiger partial charge on any atom is 0.243 e. The van der Waals surface area contributed by atoms with Crippen LogP contribution in [0, 0.1) is 20.8 Å². The first-order valence-corrected chi connectivity index (χ1v) is 11.8. The highest BCUT2D eigenvalue weighted by Gasteiger charge is 2.22. The molecule has 1 aromatic heterocycles. The summed E-state index contributed by atoms with van der Waals surface area (Å²) in [6.07, 6.45) is 0. The zero-order chi connectivity index (χ0) is 21.9. The summed E-state index contributed by atoms with van der Waals surface area (Å²) < 4.78 is 37.9. The van der Waals surface area contributed by atoms with Crippen molar-refractivity contribution in [2.45, 2.75) is 38.8 Å². The van der Waals surface area contributed by atoms with Crippen LogP contribution in [0.3, 0.4) is 0 Å². The van der Waals surface area contributed by atoms with Crippen LogP contribution in [0.1, 0.15) is 27.4 Å². The normalized spacial score (nSPS) is 11.7. The maximum atomic E-state index is 12.8. The molecule has 6 nitrogen and oxygen atoms in total. The third kappa shape index (κ3) is 5.00. The number of sulfonamides is 1. The summed E-state index contributed by atoms with van der Waals surface area (Å²) in [5.41, 5.74) is 4.14. The lowest BCUT2D eigenvalue weighted by Crippen LogP contribution is -2.26. The molecule has 3 rings (SSSR count). The minimum Gasteiger partial charge on any atom is -0.497 e. The molecular formula is C22H26N2O4S2. The highest BCUT2D eigenvalue weighted by atomic mass is 32.2. The van der Waals surface area contributed by atoms with Gasteiger partial charge in [0.1, 0.15) is 23.1 Å². The molecule has 0 atom stereocenters. The maximum absolute atomic E-state index is 12.8. The van der Waals surface area contributed by atoms with E-state index in [2.05, 4.69) is 18.0 Å². The summed E-state index contributed by atoms with van der Waals surface area (Å²) in [6.45, 7) is 6.68. The van der Waals surface area contributed by atoms with Gasteiger partial charge in [-0.1, -0.05) is 6.07 Å². The van der Waals surface area contributed by atoms with Crippen molar-refractivity contribution in [3.8, 4) is 11.5 Å². The summed E-state index contributed by atoms with van der Waals surface area (Å²) in [5.74, 6) is 1.46. The van der Waals surface area contributed by atoms with Gasteiger partial charge in [0, 0.05) is 12.4 Å². The molecule has 1 heterocycles. The van der Waals surface area contributed by atoms with Gasteiger partial charge in [0.25, 0.3) is 0 Å². The number of thiazole rings is 1. The van der Waals surface area contributed by atoms with E-state index >= 15 is 0 Å². The fourth-order valence-corrected chi connectivity index (χ4v) is 4.86. The molecule has 0 aliphatic carbocycles. The van der Waals surface area contributed by atoms with E-state index in [0.717, 1.165) is 21.9 Å². The number of aryl methyl sites for hydroxylation is 2. The summed E-state index contributed by atoms with van der Waals surface area (Å²) in [7, 11) is -0.520. The number of aromatic nitrogens is 1. The largest absolute Gasteiger partial charge is 0.497 e. The van der Waals surface area contributed by atoms with Crippen LogP contribution in [0.25, 0.3) is 0 Å². The lowest BCUT2D eigenvalue weighted by molar-refractivity contribution is 0.302. The number of ether oxygens (including phenoxy) is 2. The van der Waals surface area contributed by atoms with Crippen LogP contribution in [0.5, 0.6) is 11.5 Å². The van der Waals surface area contributed by atoms with Crippen molar-refractivity contribution in [1.29, 1.82) is 0 Å². The zero-order valence-corrected chi connectivity index (χ0v) is 19.4. The average molecular weight is 447 g/mol. The molecule has 30 heavy (non-hydrogen) atoms. The third-order valence-corrected chi connectivity index (χ3v) is 7.56. The smallest absolute Gasteiger partial charge is 0.243 e. The Kier molecular flexibility index (Phi) is 6.80. The highest BCUT2D eigenvalue weighted by molar-refractivity contribution is 7.89. The predicted molar refractivity (Wildman–Crippen MR) is 119 cm³/mol. The Hall–Kier alpha value is -2.42. The molecule has 0 spiro atoms. The molecule has 0 amide bonds. The van der Waals surface area contributed by atoms with Crippen molar-refractivity contribution in [2.75, 3.05) is 14.2 Å². The second-order valence-electron chi connectivity index (χ2n) is 7.16. The van der Waals surface area contributed by atoms with E-state index in [1.54, 1.807) is 26.3 Å². The fraction of sp³-hybridized carbons (Fsp3) is 0.318. The molecule has 0 radical (unpaired) electrons. The van der Waals surface area contributed by atoms with Gasteiger partial charge in [-0.15, -0.1) is 11.3 Å². The van der Waals surface area contributed by atoms with Crippen molar-refractivity contribution >= 4 is 21.4 Å². The molecule has 160 valence electrons. The van der Waals surface area contributed by atoms with Crippen LogP contribution < -0.4 is 9.47 Å². The lowest BCUT2D eigenvalue weighted by atomic mass is 10.1. The molecule has 0 unspecified atom stereocenters. The number of rotatable bonds is 8. The van der Waals surface area contributed by atoms with E-state index in [9.17, 15) is 8.42 Å². The van der Waals surface area contributed by atoms with Gasteiger partial charge >= 0.3 is 0 Å². The van der Waals surface area contributed by atoms with Crippen molar-refractivity contribution in [3.63, 3.8) is 0 Å². The van der Waals surface area contributed by atoms with Gasteiger partial charge in [0.15, 0.2) is 0 Å². The average Bonchev–Trinajstić information content (AvgIpc) is 3.16. The Morgan fingerprint density at radius 1 is 1.10 bits per heavy atom. The molecule has 2 aromatic carbocycles. The minimum atomic E-state index is -3.61. The second kappa shape index (κ2) is 9.16. The molecule has 0 aliphatic heterocycles. The zero-order valence-electron chi connectivity index (χ0n) is 17.8. The highest BCUT2D eigenvalue weighted by Crippen LogP contribution is 2.25. The number of hydrogen-bond acceptors (Lipinski definition) is 6. The van der Waals surface area contributed by atoms with Gasteiger partial charge in [0.05, 0.1) is 24.2 Å². The first kappa shape index (κ1) is 22.3. The fourth-order valence-electron chi connectivity index (χ4n) is 3.02. The molecule has 0 bridgehead atoms. The molecule has 0 fully saturated rings. The lowest BCUT2D eigenvalue weighted by Gasteiger charge is -2.16. The Morgan fingerprint density at radius 2 is 1.80 bits per heavy atom. The van der Waals surface area contributed by atoms with E-state index in [4.69, 9.17) is 9.47 Å². The minimum absolute atomic E-state index is 0.188. The SMILES string of the molecule is COc1ccc(S(=O)(=O)N(C)Cc2csc(COc3cc(C)cc(C)c3C)n2)cc1. The van der Waals surface area contributed by atoms with Gasteiger partial charge in [-0.25, -0.2) is 13.4 Å². The predicted octanol–water partition coefficient (Wildman–Crippen LogP) is 4.48. The van der Waals surface area contributed by atoms with Crippen molar-refractivity contribution < 1.29 is 17.9 Å². The number of hydrogen-bond donors (Lipinski definition) is 0. The molecule has 0 aliphatic rings. The Balaban J connectivity index is 1.66. The molecule has 8 heteroatoms. The van der Waals surface area contributed by atoms with E-state index in [1.165, 1.54) is 33.3 Å². The van der Waals surface area contributed by atoms with Crippen molar-refractivity contribution in [1.82, 2.24) is 9.29 Å². The standard InChI is InChI=1S/C22H26N2O4S2/c1-15-10-16(2)17(3)21(11-15)28-13-22-23-18(14-29-22)12-24(4)30(25,26)20-8-6-19(27-5)7-9-20/h6-11,14H,12-13H2,1-5H3. The van der Waals surface area contributed by atoms with E-state index in [-0.39, 0.29) is 11.4 Å². The van der Waals surface area contributed by atoms with Gasteiger partial charge in [0.2, 0.25) is 10.0 Å². The van der Waals surface area contributed by atoms with Gasteiger partial charge in [-0.3, -0.25) is 0 Å². The summed E-state index contributed by atoms with van der Waals surface area (Å²) in [5, 5.41) is 2.67. The van der Waals surface area contributed by atoms with Crippen LogP contribution in [0.2, 0.25) is 0 Å². The second-order valence-corrected chi connectivity index (χ2v) is 10.2. The number of benzene rings is 2. The van der Waals surface area contributed by atoms with Crippen LogP contribution in [-0.2, 0) is 23.2 Å². The van der Waals surface area contributed by atoms with Gasteiger partial charge in [-0.05, 0) is 67.8 Å². The van der Waals surface area contributed by atoms with Crippen LogP contribution in [0.15, 0.2) is 46.7 Å². The van der Waals surface area contributed by atoms with Gasteiger partial charge in [-0.2, -0.15) is 4.31 Å². The van der Waals surface area contributed by atoms with E-state index in [1.807, 2.05) is 25.3 Å². The molecule has 0 saturated heterocycles. The van der Waals surface area contributed by atoms with Crippen LogP contribution >= 0.6 is 11.3 Å². The molecular weight excluding hydrogens is 420 g/mol. The van der Waals surface area contributed by atoms with Crippen LogP contribution in [0.4, 0.5) is 0 Å². The molecule has 0 N–H and O–H groups in total. The first-order valence-electron chi connectivity index (χ1n) is 9.45. The number of nitrogens with zero attached hydrogens (tertiary/aromatic N) is 2. The Bertz CT molecular complexity index is 1120. The monoisotopic (exact) mass is 446 g/mol. The quantitative estimate of drug-likeness (QED) is 0.510. The number of methoxy groups -OCH3 is 1. The van der Waals surface area contributed by atoms with Crippen molar-refractivity contribution in [3.05, 3.63) is 69.2 Å². The Labute approximate surface area is 182 Å². The molecule has 3 aromatic rings. The summed E-state index contributed by atoms with van der Waals surface area (Å²) >= 11 is 1.46. The summed E-state index contributed by atoms with van der Waals surface area (Å²) in [6, 6.07) is 10.5. The van der Waals surface area contributed by atoms with E-state index in [0.29, 0.717) is 18.1 Å². The Morgan fingerprint density at radius 3 is 2.47 bits per heavy atom. The van der Waals surface area contributed by atoms with Crippen molar-refractivity contribution in [2.24, 2.45) is 0 Å². The summed E-state index contributed by atoms with van der Waals surface area (Å²) in [4.78, 5) is 4.76. The van der Waals surface area contributed by atoms with Crippen LogP contribution in [-0.4, -0.2) is 31.9 Å². The van der Waals surface area contributed by atoms with E-state index < -0.39 is 10.0 Å². The molecule has 0 saturated carbocycles. The first-order chi connectivity index (χ1) is 14.2.